The molecule has 2 rings (SSSR count). The third kappa shape index (κ3) is 4.64. The lowest BCUT2D eigenvalue weighted by atomic mass is 10.2. The fourth-order valence-corrected chi connectivity index (χ4v) is 3.86. The lowest BCUT2D eigenvalue weighted by Gasteiger charge is -2.18. The highest BCUT2D eigenvalue weighted by atomic mass is 32.2. The van der Waals surface area contributed by atoms with Crippen LogP contribution in [0.1, 0.15) is 29.8 Å². The number of carbonyl (C=O) groups is 1. The number of benzene rings is 2. The average Bonchev–Trinajstić information content (AvgIpc) is 2.60. The Morgan fingerprint density at radius 1 is 1.08 bits per heavy atom. The van der Waals surface area contributed by atoms with Crippen LogP contribution in [0, 0.1) is 5.82 Å². The van der Waals surface area contributed by atoms with Crippen molar-refractivity contribution in [3.05, 3.63) is 65.5 Å². The maximum atomic E-state index is 13.1. The Bertz CT molecular complexity index is 848. The molecule has 0 spiro atoms. The smallest absolute Gasteiger partial charge is 0.338 e. The second-order valence-corrected chi connectivity index (χ2v) is 7.26. The van der Waals surface area contributed by atoms with Gasteiger partial charge in [0.25, 0.3) is 0 Å². The summed E-state index contributed by atoms with van der Waals surface area (Å²) in [7, 11) is -3.65. The first kappa shape index (κ1) is 19.1. The number of halogens is 1. The molecule has 0 bridgehead atoms. The maximum absolute atomic E-state index is 13.1. The summed E-state index contributed by atoms with van der Waals surface area (Å²) in [5, 5.41) is 0. The van der Waals surface area contributed by atoms with E-state index in [1.54, 1.807) is 19.9 Å². The van der Waals surface area contributed by atoms with E-state index in [1.165, 1.54) is 46.8 Å². The van der Waals surface area contributed by atoms with Gasteiger partial charge in [-0.25, -0.2) is 17.6 Å². The molecule has 0 radical (unpaired) electrons. The molecule has 2 aromatic rings. The second kappa shape index (κ2) is 8.22. The number of ether oxygens (including phenoxy) is 1. The third-order valence-corrected chi connectivity index (χ3v) is 5.72. The zero-order valence-corrected chi connectivity index (χ0v) is 14.9. The number of hydrogen-bond donors (Lipinski definition) is 0. The predicted octanol–water partition coefficient (Wildman–Crippen LogP) is 3.21. The van der Waals surface area contributed by atoms with Gasteiger partial charge in [0.05, 0.1) is 10.5 Å². The summed E-state index contributed by atoms with van der Waals surface area (Å²) < 4.78 is 44.6. The van der Waals surface area contributed by atoms with Crippen molar-refractivity contribution >= 4 is 16.0 Å². The zero-order valence-electron chi connectivity index (χ0n) is 14.1. The van der Waals surface area contributed by atoms with Crippen molar-refractivity contribution in [3.8, 4) is 0 Å². The fraction of sp³-hybridized carbons (Fsp3) is 0.278. The Labute approximate surface area is 147 Å². The van der Waals surface area contributed by atoms with E-state index in [2.05, 4.69) is 0 Å². The Balaban J connectivity index is 2.16. The minimum atomic E-state index is -3.65. The van der Waals surface area contributed by atoms with Gasteiger partial charge in [0.15, 0.2) is 0 Å². The number of esters is 1. The summed E-state index contributed by atoms with van der Waals surface area (Å²) >= 11 is 0. The molecule has 0 unspecified atom stereocenters. The van der Waals surface area contributed by atoms with Crippen LogP contribution >= 0.6 is 0 Å². The Kier molecular flexibility index (Phi) is 6.27. The molecule has 0 N–H and O–H groups in total. The molecule has 0 aliphatic rings. The van der Waals surface area contributed by atoms with Crippen molar-refractivity contribution < 1.29 is 22.3 Å². The quantitative estimate of drug-likeness (QED) is 0.707. The summed E-state index contributed by atoms with van der Waals surface area (Å²) in [4.78, 5) is 12.2. The van der Waals surface area contributed by atoms with Crippen molar-refractivity contribution in [3.63, 3.8) is 0 Å². The summed E-state index contributed by atoms with van der Waals surface area (Å²) in [6.07, 6.45) is 0. The molecule has 0 atom stereocenters. The molecule has 7 heteroatoms. The molecule has 0 aliphatic carbocycles. The van der Waals surface area contributed by atoms with Gasteiger partial charge in [0.1, 0.15) is 12.4 Å². The van der Waals surface area contributed by atoms with E-state index in [4.69, 9.17) is 4.74 Å². The van der Waals surface area contributed by atoms with E-state index in [1.807, 2.05) is 0 Å². The molecular weight excluding hydrogens is 345 g/mol. The van der Waals surface area contributed by atoms with Gasteiger partial charge in [0, 0.05) is 13.1 Å². The van der Waals surface area contributed by atoms with Crippen molar-refractivity contribution in [2.24, 2.45) is 0 Å². The van der Waals surface area contributed by atoms with Gasteiger partial charge < -0.3 is 4.74 Å². The summed E-state index contributed by atoms with van der Waals surface area (Å²) in [5.74, 6) is -1.08. The molecule has 25 heavy (non-hydrogen) atoms. The first-order chi connectivity index (χ1) is 11.9. The summed E-state index contributed by atoms with van der Waals surface area (Å²) in [5.41, 5.74) is 0.643. The van der Waals surface area contributed by atoms with Crippen LogP contribution in [0.25, 0.3) is 0 Å². The van der Waals surface area contributed by atoms with Gasteiger partial charge in [-0.2, -0.15) is 4.31 Å². The van der Waals surface area contributed by atoms with Crippen LogP contribution in [-0.2, 0) is 21.4 Å². The van der Waals surface area contributed by atoms with Gasteiger partial charge in [-0.05, 0) is 35.9 Å². The van der Waals surface area contributed by atoms with Crippen molar-refractivity contribution in [2.75, 3.05) is 13.1 Å². The number of sulfonamides is 1. The van der Waals surface area contributed by atoms with E-state index >= 15 is 0 Å². The first-order valence-corrected chi connectivity index (χ1v) is 9.34. The largest absolute Gasteiger partial charge is 0.457 e. The highest BCUT2D eigenvalue weighted by Gasteiger charge is 2.22. The van der Waals surface area contributed by atoms with Gasteiger partial charge in [-0.15, -0.1) is 0 Å². The van der Waals surface area contributed by atoms with E-state index < -0.39 is 21.8 Å². The van der Waals surface area contributed by atoms with Gasteiger partial charge in [0.2, 0.25) is 10.0 Å². The van der Waals surface area contributed by atoms with Crippen LogP contribution in [0.2, 0.25) is 0 Å². The van der Waals surface area contributed by atoms with Crippen LogP contribution in [-0.4, -0.2) is 31.8 Å². The van der Waals surface area contributed by atoms with Crippen LogP contribution < -0.4 is 0 Å². The van der Waals surface area contributed by atoms with E-state index in [-0.39, 0.29) is 17.1 Å². The van der Waals surface area contributed by atoms with Crippen molar-refractivity contribution in [2.45, 2.75) is 25.3 Å². The number of carbonyl (C=O) groups excluding carboxylic acids is 1. The minimum absolute atomic E-state index is 0.0383. The second-order valence-electron chi connectivity index (χ2n) is 5.32. The highest BCUT2D eigenvalue weighted by molar-refractivity contribution is 7.89. The van der Waals surface area contributed by atoms with Crippen LogP contribution in [0.5, 0.6) is 0 Å². The molecule has 0 aliphatic heterocycles. The standard InChI is InChI=1S/C18H20FNO4S/c1-3-20(4-2)25(22,23)17-10-6-8-15(12-17)18(21)24-13-14-7-5-9-16(19)11-14/h5-12H,3-4,13H2,1-2H3. The highest BCUT2D eigenvalue weighted by Crippen LogP contribution is 2.18. The monoisotopic (exact) mass is 365 g/mol. The van der Waals surface area contributed by atoms with Gasteiger partial charge in [-0.1, -0.05) is 32.0 Å². The van der Waals surface area contributed by atoms with Crippen LogP contribution in [0.3, 0.4) is 0 Å². The lowest BCUT2D eigenvalue weighted by Crippen LogP contribution is -2.30. The Morgan fingerprint density at radius 3 is 2.40 bits per heavy atom. The minimum Gasteiger partial charge on any atom is -0.457 e. The third-order valence-electron chi connectivity index (χ3n) is 3.67. The molecule has 0 fully saturated rings. The molecule has 0 amide bonds. The number of rotatable bonds is 7. The van der Waals surface area contributed by atoms with Gasteiger partial charge in [-0.3, -0.25) is 0 Å². The first-order valence-electron chi connectivity index (χ1n) is 7.90. The molecule has 2 aromatic carbocycles. The molecule has 0 heterocycles. The normalized spacial score (nSPS) is 11.5. The zero-order chi connectivity index (χ0) is 18.4. The van der Waals surface area contributed by atoms with Gasteiger partial charge >= 0.3 is 5.97 Å². The lowest BCUT2D eigenvalue weighted by molar-refractivity contribution is 0.0472. The van der Waals surface area contributed by atoms with Crippen LogP contribution in [0.15, 0.2) is 53.4 Å². The van der Waals surface area contributed by atoms with Crippen molar-refractivity contribution in [1.29, 1.82) is 0 Å². The number of hydrogen-bond acceptors (Lipinski definition) is 4. The number of nitrogens with zero attached hydrogens (tertiary/aromatic N) is 1. The van der Waals surface area contributed by atoms with E-state index in [0.29, 0.717) is 18.7 Å². The summed E-state index contributed by atoms with van der Waals surface area (Å²) in [6, 6.07) is 11.4. The molecule has 134 valence electrons. The predicted molar refractivity (Wildman–Crippen MR) is 92.1 cm³/mol. The topological polar surface area (TPSA) is 63.7 Å². The molecular formula is C18H20FNO4S. The summed E-state index contributed by atoms with van der Waals surface area (Å²) in [6.45, 7) is 4.08. The SMILES string of the molecule is CCN(CC)S(=O)(=O)c1cccc(C(=O)OCc2cccc(F)c2)c1. The maximum Gasteiger partial charge on any atom is 0.338 e. The molecule has 0 aromatic heterocycles. The molecule has 0 saturated heterocycles. The fourth-order valence-electron chi connectivity index (χ4n) is 2.36. The van der Waals surface area contributed by atoms with Crippen molar-refractivity contribution in [1.82, 2.24) is 4.31 Å². The molecule has 0 saturated carbocycles. The average molecular weight is 365 g/mol. The Morgan fingerprint density at radius 2 is 1.76 bits per heavy atom. The van der Waals surface area contributed by atoms with E-state index in [0.717, 1.165) is 0 Å². The van der Waals surface area contributed by atoms with Crippen LogP contribution in [0.4, 0.5) is 4.39 Å². The van der Waals surface area contributed by atoms with E-state index in [9.17, 15) is 17.6 Å². The Hall–Kier alpha value is -2.25. The molecule has 5 nitrogen and oxygen atoms in total.